The lowest BCUT2D eigenvalue weighted by molar-refractivity contribution is -0.113. The molecule has 1 aliphatic heterocycles. The van der Waals surface area contributed by atoms with Crippen LogP contribution < -0.4 is 4.90 Å². The smallest absolute Gasteiger partial charge is 0.335 e. The Balaban J connectivity index is 1.94. The first-order chi connectivity index (χ1) is 11.0. The van der Waals surface area contributed by atoms with E-state index in [2.05, 4.69) is 15.9 Å². The highest BCUT2D eigenvalue weighted by molar-refractivity contribution is 9.10. The van der Waals surface area contributed by atoms with Crippen LogP contribution in [-0.4, -0.2) is 21.3 Å². The molecule has 5 nitrogen and oxygen atoms in total. The average Bonchev–Trinajstić information content (AvgIpc) is 3.03. The van der Waals surface area contributed by atoms with E-state index in [0.29, 0.717) is 25.3 Å². The van der Waals surface area contributed by atoms with Crippen molar-refractivity contribution in [1.82, 2.24) is 0 Å². The first-order valence-corrected chi connectivity index (χ1v) is 8.34. The maximum atomic E-state index is 12.6. The van der Waals surface area contributed by atoms with Crippen LogP contribution in [0.4, 0.5) is 5.69 Å². The number of rotatable bonds is 3. The standard InChI is InChI=1S/C15H8BrNO4S2/c16-12-5-4-10(21-12)7-11-13(18)17(15(22)23-11)9-3-1-2-8(6-9)14(19)20/h1-7H,(H,19,20). The molecule has 2 heterocycles. The lowest BCUT2D eigenvalue weighted by Crippen LogP contribution is -2.27. The van der Waals surface area contributed by atoms with Gasteiger partial charge in [-0.05, 0) is 46.3 Å². The molecule has 0 atom stereocenters. The van der Waals surface area contributed by atoms with E-state index >= 15 is 0 Å². The summed E-state index contributed by atoms with van der Waals surface area (Å²) in [6, 6.07) is 9.54. The van der Waals surface area contributed by atoms with E-state index in [0.717, 1.165) is 11.8 Å². The van der Waals surface area contributed by atoms with E-state index in [9.17, 15) is 9.59 Å². The van der Waals surface area contributed by atoms with Gasteiger partial charge in [0.1, 0.15) is 5.76 Å². The van der Waals surface area contributed by atoms with Gasteiger partial charge in [-0.15, -0.1) is 0 Å². The number of anilines is 1. The summed E-state index contributed by atoms with van der Waals surface area (Å²) in [5, 5.41) is 9.06. The van der Waals surface area contributed by atoms with Crippen molar-refractivity contribution in [3.05, 3.63) is 57.3 Å². The van der Waals surface area contributed by atoms with E-state index in [1.165, 1.54) is 17.0 Å². The van der Waals surface area contributed by atoms with Gasteiger partial charge in [0.2, 0.25) is 0 Å². The predicted molar refractivity (Wildman–Crippen MR) is 95.5 cm³/mol. The van der Waals surface area contributed by atoms with Crippen molar-refractivity contribution < 1.29 is 19.1 Å². The molecule has 116 valence electrons. The SMILES string of the molecule is O=C(O)c1cccc(N2C(=O)C(=Cc3ccc(Br)o3)SC2=S)c1. The first kappa shape index (κ1) is 16.0. The van der Waals surface area contributed by atoms with Crippen LogP contribution in [0.25, 0.3) is 6.08 Å². The molecular formula is C15H8BrNO4S2. The van der Waals surface area contributed by atoms with Crippen LogP contribution in [0.2, 0.25) is 0 Å². The van der Waals surface area contributed by atoms with Crippen LogP contribution in [0.1, 0.15) is 16.1 Å². The molecule has 3 rings (SSSR count). The predicted octanol–water partition coefficient (Wildman–Crippen LogP) is 4.15. The van der Waals surface area contributed by atoms with Gasteiger partial charge >= 0.3 is 5.97 Å². The molecule has 1 aromatic heterocycles. The molecule has 1 saturated heterocycles. The fraction of sp³-hybridized carbons (Fsp3) is 0. The number of hydrogen-bond donors (Lipinski definition) is 1. The van der Waals surface area contributed by atoms with Crippen molar-refractivity contribution in [1.29, 1.82) is 0 Å². The van der Waals surface area contributed by atoms with Crippen LogP contribution in [0, 0.1) is 0 Å². The average molecular weight is 410 g/mol. The van der Waals surface area contributed by atoms with Crippen molar-refractivity contribution in [2.24, 2.45) is 0 Å². The fourth-order valence-corrected chi connectivity index (χ4v) is 3.60. The number of halogens is 1. The van der Waals surface area contributed by atoms with Crippen molar-refractivity contribution >= 4 is 67.9 Å². The molecule has 0 aliphatic carbocycles. The maximum Gasteiger partial charge on any atom is 0.335 e. The quantitative estimate of drug-likeness (QED) is 0.606. The molecule has 1 amide bonds. The Morgan fingerprint density at radius 2 is 2.13 bits per heavy atom. The van der Waals surface area contributed by atoms with Crippen LogP contribution >= 0.6 is 39.9 Å². The number of hydrogen-bond acceptors (Lipinski definition) is 5. The number of furan rings is 1. The summed E-state index contributed by atoms with van der Waals surface area (Å²) in [5.41, 5.74) is 0.520. The Kier molecular flexibility index (Phi) is 4.38. The van der Waals surface area contributed by atoms with E-state index < -0.39 is 5.97 Å². The van der Waals surface area contributed by atoms with Crippen molar-refractivity contribution in [2.45, 2.75) is 0 Å². The summed E-state index contributed by atoms with van der Waals surface area (Å²) in [6.07, 6.45) is 1.60. The molecule has 1 N–H and O–H groups in total. The largest absolute Gasteiger partial charge is 0.478 e. The minimum Gasteiger partial charge on any atom is -0.478 e. The summed E-state index contributed by atoms with van der Waals surface area (Å²) >= 11 is 9.59. The lowest BCUT2D eigenvalue weighted by Gasteiger charge is -2.14. The van der Waals surface area contributed by atoms with Crippen LogP contribution in [0.3, 0.4) is 0 Å². The van der Waals surface area contributed by atoms with Gasteiger partial charge in [-0.25, -0.2) is 4.79 Å². The molecule has 0 spiro atoms. The van der Waals surface area contributed by atoms with Gasteiger partial charge in [0.25, 0.3) is 5.91 Å². The zero-order chi connectivity index (χ0) is 16.6. The number of carbonyl (C=O) groups is 2. The summed E-state index contributed by atoms with van der Waals surface area (Å²) in [7, 11) is 0. The zero-order valence-corrected chi connectivity index (χ0v) is 14.6. The van der Waals surface area contributed by atoms with Crippen molar-refractivity contribution in [2.75, 3.05) is 4.90 Å². The molecule has 1 fully saturated rings. The number of carboxylic acid groups (broad SMARTS) is 1. The van der Waals surface area contributed by atoms with E-state index in [1.54, 1.807) is 30.3 Å². The van der Waals surface area contributed by atoms with Crippen molar-refractivity contribution in [3.63, 3.8) is 0 Å². The maximum absolute atomic E-state index is 12.6. The highest BCUT2D eigenvalue weighted by Crippen LogP contribution is 2.36. The number of benzene rings is 1. The second kappa shape index (κ2) is 6.31. The topological polar surface area (TPSA) is 70.8 Å². The third-order valence-corrected chi connectivity index (χ3v) is 4.74. The summed E-state index contributed by atoms with van der Waals surface area (Å²) in [5.74, 6) is -0.847. The van der Waals surface area contributed by atoms with Gasteiger partial charge in [-0.3, -0.25) is 9.69 Å². The Bertz CT molecular complexity index is 859. The monoisotopic (exact) mass is 409 g/mol. The minimum absolute atomic E-state index is 0.0931. The molecular weight excluding hydrogens is 402 g/mol. The Morgan fingerprint density at radius 1 is 1.35 bits per heavy atom. The van der Waals surface area contributed by atoms with Gasteiger partial charge in [-0.2, -0.15) is 0 Å². The number of thiocarbonyl (C=S) groups is 1. The van der Waals surface area contributed by atoms with E-state index in [-0.39, 0.29) is 11.5 Å². The minimum atomic E-state index is -1.06. The second-order valence-electron chi connectivity index (χ2n) is 4.51. The van der Waals surface area contributed by atoms with Crippen molar-refractivity contribution in [3.8, 4) is 0 Å². The third kappa shape index (κ3) is 3.24. The van der Waals surface area contributed by atoms with E-state index in [1.807, 2.05) is 0 Å². The lowest BCUT2D eigenvalue weighted by atomic mass is 10.2. The first-order valence-electron chi connectivity index (χ1n) is 6.32. The molecule has 23 heavy (non-hydrogen) atoms. The Morgan fingerprint density at radius 3 is 2.78 bits per heavy atom. The summed E-state index contributed by atoms with van der Waals surface area (Å²) in [4.78, 5) is 25.4. The number of aromatic carboxylic acids is 1. The number of nitrogens with zero attached hydrogens (tertiary/aromatic N) is 1. The van der Waals surface area contributed by atoms with Gasteiger partial charge in [0.15, 0.2) is 8.99 Å². The second-order valence-corrected chi connectivity index (χ2v) is 6.97. The van der Waals surface area contributed by atoms with Gasteiger partial charge in [-0.1, -0.05) is 30.0 Å². The number of thioether (sulfide) groups is 1. The molecule has 0 radical (unpaired) electrons. The summed E-state index contributed by atoms with van der Waals surface area (Å²) in [6.45, 7) is 0. The highest BCUT2D eigenvalue weighted by atomic mass is 79.9. The Hall–Kier alpha value is -1.90. The molecule has 8 heteroatoms. The molecule has 0 unspecified atom stereocenters. The van der Waals surface area contributed by atoms with Crippen LogP contribution in [-0.2, 0) is 4.79 Å². The van der Waals surface area contributed by atoms with Gasteiger partial charge in [0.05, 0.1) is 16.2 Å². The molecule has 1 aromatic carbocycles. The normalized spacial score (nSPS) is 16.4. The molecule has 0 bridgehead atoms. The zero-order valence-electron chi connectivity index (χ0n) is 11.4. The van der Waals surface area contributed by atoms with Crippen LogP contribution in [0.5, 0.6) is 0 Å². The number of amides is 1. The fourth-order valence-electron chi connectivity index (χ4n) is 2.00. The van der Waals surface area contributed by atoms with E-state index in [4.69, 9.17) is 21.7 Å². The molecule has 1 aliphatic rings. The summed E-state index contributed by atoms with van der Waals surface area (Å²) < 4.78 is 6.26. The third-order valence-electron chi connectivity index (χ3n) is 3.01. The van der Waals surface area contributed by atoms with Crippen LogP contribution in [0.15, 0.2) is 50.4 Å². The van der Waals surface area contributed by atoms with Gasteiger partial charge < -0.3 is 9.52 Å². The molecule has 0 saturated carbocycles. The molecule has 2 aromatic rings. The Labute approximate surface area is 149 Å². The number of carboxylic acids is 1. The van der Waals surface area contributed by atoms with Gasteiger partial charge in [0, 0.05) is 6.08 Å². The highest BCUT2D eigenvalue weighted by Gasteiger charge is 2.33. The number of carbonyl (C=O) groups excluding carboxylic acids is 1.